The summed E-state index contributed by atoms with van der Waals surface area (Å²) in [5, 5.41) is 10.9. The third-order valence-electron chi connectivity index (χ3n) is 4.82. The van der Waals surface area contributed by atoms with E-state index in [1.165, 1.54) is 12.5 Å². The lowest BCUT2D eigenvalue weighted by Crippen LogP contribution is -2.46. The van der Waals surface area contributed by atoms with Crippen LogP contribution in [-0.2, 0) is 0 Å². The standard InChI is InChI=1S/C19H20N4O3/c1-12-2-3-16-15(10-12)17(22-21-16)18(24)20-14-4-7-23(8-5-14)19(25)13-6-9-26-11-13/h2-3,6,9-11,14H,4-5,7-8H2,1H3,(H,20,24)(H,21,22). The van der Waals surface area contributed by atoms with Gasteiger partial charge in [0.2, 0.25) is 0 Å². The molecule has 2 N–H and O–H groups in total. The number of likely N-dealkylation sites (tertiary alicyclic amines) is 1. The number of nitrogens with one attached hydrogen (secondary N) is 2. The molecule has 7 nitrogen and oxygen atoms in total. The molecule has 1 aliphatic rings. The molecule has 0 spiro atoms. The van der Waals surface area contributed by atoms with E-state index in [4.69, 9.17) is 4.42 Å². The Labute approximate surface area is 150 Å². The van der Waals surface area contributed by atoms with Crippen LogP contribution in [-0.4, -0.2) is 46.0 Å². The highest BCUT2D eigenvalue weighted by Gasteiger charge is 2.26. The number of rotatable bonds is 3. The monoisotopic (exact) mass is 352 g/mol. The van der Waals surface area contributed by atoms with E-state index in [1.54, 1.807) is 11.0 Å². The Hall–Kier alpha value is -3.09. The minimum absolute atomic E-state index is 0.0303. The molecule has 4 rings (SSSR count). The van der Waals surface area contributed by atoms with Crippen LogP contribution < -0.4 is 5.32 Å². The third kappa shape index (κ3) is 3.08. The molecular formula is C19H20N4O3. The van der Waals surface area contributed by atoms with Gasteiger partial charge in [0, 0.05) is 24.5 Å². The number of carbonyl (C=O) groups excluding carboxylic acids is 2. The first-order valence-corrected chi connectivity index (χ1v) is 8.69. The summed E-state index contributed by atoms with van der Waals surface area (Å²) in [6.45, 7) is 3.20. The Kier molecular flexibility index (Phi) is 4.20. The number of benzene rings is 1. The Morgan fingerprint density at radius 2 is 2.08 bits per heavy atom. The zero-order valence-electron chi connectivity index (χ0n) is 14.5. The molecule has 3 aromatic rings. The van der Waals surface area contributed by atoms with Crippen LogP contribution >= 0.6 is 0 Å². The second kappa shape index (κ2) is 6.67. The number of piperidine rings is 1. The van der Waals surface area contributed by atoms with Crippen molar-refractivity contribution < 1.29 is 14.0 Å². The fourth-order valence-electron chi connectivity index (χ4n) is 3.35. The third-order valence-corrected chi connectivity index (χ3v) is 4.82. The molecule has 2 aromatic heterocycles. The van der Waals surface area contributed by atoms with Gasteiger partial charge in [-0.25, -0.2) is 0 Å². The molecule has 1 fully saturated rings. The highest BCUT2D eigenvalue weighted by atomic mass is 16.3. The van der Waals surface area contributed by atoms with Crippen molar-refractivity contribution in [1.29, 1.82) is 0 Å². The fraction of sp³-hybridized carbons (Fsp3) is 0.316. The van der Waals surface area contributed by atoms with Crippen LogP contribution in [0.3, 0.4) is 0 Å². The van der Waals surface area contributed by atoms with Gasteiger partial charge in [-0.1, -0.05) is 11.6 Å². The summed E-state index contributed by atoms with van der Waals surface area (Å²) in [5.74, 6) is -0.209. The lowest BCUT2D eigenvalue weighted by Gasteiger charge is -2.32. The summed E-state index contributed by atoms with van der Waals surface area (Å²) in [7, 11) is 0. The first-order valence-electron chi connectivity index (χ1n) is 8.69. The number of nitrogens with zero attached hydrogens (tertiary/aromatic N) is 2. The van der Waals surface area contributed by atoms with Crippen molar-refractivity contribution in [3.63, 3.8) is 0 Å². The summed E-state index contributed by atoms with van der Waals surface area (Å²) in [6.07, 6.45) is 4.39. The van der Waals surface area contributed by atoms with E-state index < -0.39 is 0 Å². The Morgan fingerprint density at radius 3 is 2.81 bits per heavy atom. The van der Waals surface area contributed by atoms with Gasteiger partial charge in [-0.15, -0.1) is 0 Å². The number of aromatic amines is 1. The van der Waals surface area contributed by atoms with Crippen molar-refractivity contribution in [2.45, 2.75) is 25.8 Å². The van der Waals surface area contributed by atoms with E-state index in [1.807, 2.05) is 25.1 Å². The predicted octanol–water partition coefficient (Wildman–Crippen LogP) is 2.50. The number of furan rings is 1. The lowest BCUT2D eigenvalue weighted by atomic mass is 10.0. The van der Waals surface area contributed by atoms with E-state index in [-0.39, 0.29) is 17.9 Å². The van der Waals surface area contributed by atoms with E-state index in [9.17, 15) is 9.59 Å². The quantitative estimate of drug-likeness (QED) is 0.758. The molecule has 0 atom stereocenters. The first-order chi connectivity index (χ1) is 12.6. The smallest absolute Gasteiger partial charge is 0.272 e. The SMILES string of the molecule is Cc1ccc2[nH]nc(C(=O)NC3CCN(C(=O)c4ccoc4)CC3)c2c1. The topological polar surface area (TPSA) is 91.2 Å². The summed E-state index contributed by atoms with van der Waals surface area (Å²) in [6, 6.07) is 7.57. The number of aromatic nitrogens is 2. The highest BCUT2D eigenvalue weighted by molar-refractivity contribution is 6.04. The van der Waals surface area contributed by atoms with Crippen LogP contribution in [0.2, 0.25) is 0 Å². The highest BCUT2D eigenvalue weighted by Crippen LogP contribution is 2.19. The molecule has 0 unspecified atom stereocenters. The second-order valence-corrected chi connectivity index (χ2v) is 6.67. The maximum atomic E-state index is 12.6. The predicted molar refractivity (Wildman–Crippen MR) is 95.9 cm³/mol. The van der Waals surface area contributed by atoms with Gasteiger partial charge in [-0.05, 0) is 38.0 Å². The first kappa shape index (κ1) is 16.4. The van der Waals surface area contributed by atoms with Gasteiger partial charge in [0.25, 0.3) is 11.8 Å². The van der Waals surface area contributed by atoms with Crippen molar-refractivity contribution in [1.82, 2.24) is 20.4 Å². The zero-order valence-corrected chi connectivity index (χ0v) is 14.5. The van der Waals surface area contributed by atoms with Gasteiger partial charge in [0.05, 0.1) is 17.3 Å². The number of amides is 2. The molecule has 7 heteroatoms. The summed E-state index contributed by atoms with van der Waals surface area (Å²) >= 11 is 0. The van der Waals surface area contributed by atoms with E-state index in [0.29, 0.717) is 24.3 Å². The molecular weight excluding hydrogens is 332 g/mol. The largest absolute Gasteiger partial charge is 0.472 e. The van der Waals surface area contributed by atoms with Crippen LogP contribution in [0.4, 0.5) is 0 Å². The van der Waals surface area contributed by atoms with Gasteiger partial charge in [0.15, 0.2) is 5.69 Å². The van der Waals surface area contributed by atoms with Crippen LogP contribution in [0.1, 0.15) is 39.3 Å². The summed E-state index contributed by atoms with van der Waals surface area (Å²) < 4.78 is 4.97. The van der Waals surface area contributed by atoms with Gasteiger partial charge in [-0.3, -0.25) is 14.7 Å². The minimum Gasteiger partial charge on any atom is -0.472 e. The Bertz CT molecular complexity index is 937. The average Bonchev–Trinajstić information content (AvgIpc) is 3.31. The van der Waals surface area contributed by atoms with Gasteiger partial charge in [-0.2, -0.15) is 5.10 Å². The van der Waals surface area contributed by atoms with Crippen LogP contribution in [0, 0.1) is 6.92 Å². The molecule has 0 saturated carbocycles. The number of H-pyrrole nitrogens is 1. The minimum atomic E-state index is -0.179. The van der Waals surface area contributed by atoms with E-state index in [0.717, 1.165) is 29.3 Å². The number of fused-ring (bicyclic) bond motifs is 1. The number of aryl methyl sites for hydroxylation is 1. The van der Waals surface area contributed by atoms with Crippen LogP contribution in [0.5, 0.6) is 0 Å². The average molecular weight is 352 g/mol. The van der Waals surface area contributed by atoms with Crippen molar-refractivity contribution >= 4 is 22.7 Å². The zero-order chi connectivity index (χ0) is 18.1. The normalized spacial score (nSPS) is 15.3. The summed E-state index contributed by atoms with van der Waals surface area (Å²) in [4.78, 5) is 26.7. The van der Waals surface area contributed by atoms with Gasteiger partial charge < -0.3 is 14.6 Å². The Balaban J connectivity index is 1.39. The fourth-order valence-corrected chi connectivity index (χ4v) is 3.35. The lowest BCUT2D eigenvalue weighted by molar-refractivity contribution is 0.0697. The molecule has 0 radical (unpaired) electrons. The molecule has 1 aliphatic heterocycles. The van der Waals surface area contributed by atoms with Crippen LogP contribution in [0.25, 0.3) is 10.9 Å². The van der Waals surface area contributed by atoms with Crippen molar-refractivity contribution in [2.75, 3.05) is 13.1 Å². The van der Waals surface area contributed by atoms with Crippen molar-refractivity contribution in [2.24, 2.45) is 0 Å². The van der Waals surface area contributed by atoms with Crippen molar-refractivity contribution in [3.8, 4) is 0 Å². The molecule has 1 aromatic carbocycles. The van der Waals surface area contributed by atoms with E-state index in [2.05, 4.69) is 15.5 Å². The molecule has 134 valence electrons. The summed E-state index contributed by atoms with van der Waals surface area (Å²) in [5.41, 5.74) is 2.91. The number of hydrogen-bond donors (Lipinski definition) is 2. The van der Waals surface area contributed by atoms with Gasteiger partial charge in [0.1, 0.15) is 6.26 Å². The van der Waals surface area contributed by atoms with Gasteiger partial charge >= 0.3 is 0 Å². The second-order valence-electron chi connectivity index (χ2n) is 6.67. The molecule has 26 heavy (non-hydrogen) atoms. The number of carbonyl (C=O) groups is 2. The molecule has 1 saturated heterocycles. The molecule has 0 bridgehead atoms. The Morgan fingerprint density at radius 1 is 1.27 bits per heavy atom. The molecule has 2 amide bonds. The molecule has 0 aliphatic carbocycles. The number of hydrogen-bond acceptors (Lipinski definition) is 4. The van der Waals surface area contributed by atoms with Crippen LogP contribution in [0.15, 0.2) is 41.2 Å². The van der Waals surface area contributed by atoms with E-state index >= 15 is 0 Å². The maximum Gasteiger partial charge on any atom is 0.272 e. The molecule has 3 heterocycles. The van der Waals surface area contributed by atoms with Crippen molar-refractivity contribution in [3.05, 3.63) is 53.6 Å². The maximum absolute atomic E-state index is 12.6.